The van der Waals surface area contributed by atoms with Gasteiger partial charge in [0.05, 0.1) is 0 Å². The van der Waals surface area contributed by atoms with Gasteiger partial charge in [-0.15, -0.1) is 0 Å². The second-order valence-electron chi connectivity index (χ2n) is 2.76. The molecule has 9 heavy (non-hydrogen) atoms. The van der Waals surface area contributed by atoms with Crippen molar-refractivity contribution in [3.63, 3.8) is 0 Å². The van der Waals surface area contributed by atoms with Crippen molar-refractivity contribution in [1.82, 2.24) is 0 Å². The van der Waals surface area contributed by atoms with E-state index in [2.05, 4.69) is 29.0 Å². The molecule has 0 rings (SSSR count). The predicted octanol–water partition coefficient (Wildman–Crippen LogP) is 2.62. The van der Waals surface area contributed by atoms with Crippen molar-refractivity contribution in [2.45, 2.75) is 25.6 Å². The molecular formula is C6H15BrOSi. The van der Waals surface area contributed by atoms with Crippen molar-refractivity contribution in [2.75, 3.05) is 12.4 Å². The Labute approximate surface area is 67.0 Å². The summed E-state index contributed by atoms with van der Waals surface area (Å²) in [6.45, 7) is 4.49. The Balaban J connectivity index is 3.33. The van der Waals surface area contributed by atoms with E-state index in [-0.39, 0.29) is 0 Å². The third-order valence-corrected chi connectivity index (χ3v) is 4.69. The Kier molecular flexibility index (Phi) is 4.80. The molecule has 0 heterocycles. The van der Waals surface area contributed by atoms with Gasteiger partial charge >= 0.3 is 0 Å². The molecule has 0 N–H and O–H groups in total. The Morgan fingerprint density at radius 3 is 2.33 bits per heavy atom. The number of alkyl halides is 1. The normalized spacial score (nSPS) is 12.0. The lowest BCUT2D eigenvalue weighted by molar-refractivity contribution is 0.403. The lowest BCUT2D eigenvalue weighted by Gasteiger charge is -2.18. The first kappa shape index (κ1) is 9.66. The average molecular weight is 211 g/mol. The fourth-order valence-corrected chi connectivity index (χ4v) is 2.62. The summed E-state index contributed by atoms with van der Waals surface area (Å²) >= 11 is 3.40. The van der Waals surface area contributed by atoms with Gasteiger partial charge in [-0.2, -0.15) is 0 Å². The van der Waals surface area contributed by atoms with Gasteiger partial charge in [0.15, 0.2) is 8.32 Å². The summed E-state index contributed by atoms with van der Waals surface area (Å²) < 4.78 is 5.36. The van der Waals surface area contributed by atoms with Gasteiger partial charge in [-0.25, -0.2) is 0 Å². The first-order chi connectivity index (χ1) is 4.12. The van der Waals surface area contributed by atoms with Crippen LogP contribution in [-0.2, 0) is 4.43 Å². The summed E-state index contributed by atoms with van der Waals surface area (Å²) in [5.41, 5.74) is 0. The predicted molar refractivity (Wildman–Crippen MR) is 47.7 cm³/mol. The van der Waals surface area contributed by atoms with Crippen LogP contribution in [0, 0.1) is 0 Å². The van der Waals surface area contributed by atoms with Gasteiger partial charge < -0.3 is 4.43 Å². The van der Waals surface area contributed by atoms with E-state index in [0.29, 0.717) is 0 Å². The molecule has 1 nitrogen and oxygen atoms in total. The molecule has 0 aromatic carbocycles. The van der Waals surface area contributed by atoms with E-state index in [9.17, 15) is 0 Å². The molecule has 0 aromatic rings. The molecule has 0 radical (unpaired) electrons. The van der Waals surface area contributed by atoms with Gasteiger partial charge in [0.1, 0.15) is 0 Å². The zero-order valence-corrected chi connectivity index (χ0v) is 8.99. The minimum atomic E-state index is -1.23. The van der Waals surface area contributed by atoms with Crippen LogP contribution in [-0.4, -0.2) is 20.8 Å². The summed E-state index contributed by atoms with van der Waals surface area (Å²) in [5, 5.41) is 1.10. The van der Waals surface area contributed by atoms with Crippen molar-refractivity contribution in [3.8, 4) is 0 Å². The summed E-state index contributed by atoms with van der Waals surface area (Å²) in [7, 11) is 0.592. The molecule has 0 saturated heterocycles. The second-order valence-corrected chi connectivity index (χ2v) is 7.98. The molecule has 0 aliphatic heterocycles. The molecule has 0 fully saturated rings. The first-order valence-electron chi connectivity index (χ1n) is 3.23. The summed E-state index contributed by atoms with van der Waals surface area (Å²) in [5.74, 6) is 0. The van der Waals surface area contributed by atoms with Crippen LogP contribution in [0.15, 0.2) is 0 Å². The third-order valence-electron chi connectivity index (χ3n) is 1.47. The van der Waals surface area contributed by atoms with Crippen molar-refractivity contribution in [3.05, 3.63) is 0 Å². The topological polar surface area (TPSA) is 9.23 Å². The van der Waals surface area contributed by atoms with Crippen LogP contribution in [0.25, 0.3) is 0 Å². The highest BCUT2D eigenvalue weighted by Gasteiger charge is 2.18. The molecule has 0 bridgehead atoms. The molecule has 0 aliphatic carbocycles. The maximum absolute atomic E-state index is 5.36. The molecule has 0 aromatic heterocycles. The summed E-state index contributed by atoms with van der Waals surface area (Å²) in [6, 6.07) is 1.26. The van der Waals surface area contributed by atoms with Gasteiger partial charge in [0, 0.05) is 12.4 Å². The zero-order valence-electron chi connectivity index (χ0n) is 6.41. The molecule has 0 amide bonds. The molecule has 0 aliphatic rings. The highest BCUT2D eigenvalue weighted by atomic mass is 79.9. The van der Waals surface area contributed by atoms with E-state index in [1.807, 2.05) is 7.11 Å². The first-order valence-corrected chi connectivity index (χ1v) is 7.47. The molecule has 56 valence electrons. The van der Waals surface area contributed by atoms with Crippen molar-refractivity contribution in [2.24, 2.45) is 0 Å². The van der Waals surface area contributed by atoms with Gasteiger partial charge in [-0.3, -0.25) is 0 Å². The molecule has 0 unspecified atom stereocenters. The van der Waals surface area contributed by atoms with Crippen LogP contribution in [0.3, 0.4) is 0 Å². The van der Waals surface area contributed by atoms with Gasteiger partial charge in [-0.05, 0) is 25.6 Å². The minimum absolute atomic E-state index is 1.10. The zero-order chi connectivity index (χ0) is 7.33. The number of hydrogen-bond acceptors (Lipinski definition) is 1. The Morgan fingerprint density at radius 2 is 2.00 bits per heavy atom. The van der Waals surface area contributed by atoms with Crippen LogP contribution in [0.2, 0.25) is 19.1 Å². The van der Waals surface area contributed by atoms with E-state index >= 15 is 0 Å². The van der Waals surface area contributed by atoms with E-state index in [1.54, 1.807) is 0 Å². The van der Waals surface area contributed by atoms with E-state index in [1.165, 1.54) is 12.5 Å². The Morgan fingerprint density at radius 1 is 1.44 bits per heavy atom. The molecular weight excluding hydrogens is 196 g/mol. The SMILES string of the molecule is CO[Si](C)(C)CCCBr. The van der Waals surface area contributed by atoms with Crippen LogP contribution in [0.1, 0.15) is 6.42 Å². The summed E-state index contributed by atoms with van der Waals surface area (Å²) in [4.78, 5) is 0. The average Bonchev–Trinajstić information content (AvgIpc) is 1.84. The van der Waals surface area contributed by atoms with Crippen LogP contribution >= 0.6 is 15.9 Å². The fraction of sp³-hybridized carbons (Fsp3) is 1.00. The maximum atomic E-state index is 5.36. The van der Waals surface area contributed by atoms with Gasteiger partial charge in [0.2, 0.25) is 0 Å². The van der Waals surface area contributed by atoms with Crippen LogP contribution < -0.4 is 0 Å². The minimum Gasteiger partial charge on any atom is -0.420 e. The summed E-state index contributed by atoms with van der Waals surface area (Å²) in [6.07, 6.45) is 1.24. The molecule has 3 heteroatoms. The number of hydrogen-bond donors (Lipinski definition) is 0. The Bertz CT molecular complexity index is 75.5. The van der Waals surface area contributed by atoms with Crippen LogP contribution in [0.4, 0.5) is 0 Å². The van der Waals surface area contributed by atoms with Crippen molar-refractivity contribution in [1.29, 1.82) is 0 Å². The molecule has 0 saturated carbocycles. The smallest absolute Gasteiger partial charge is 0.186 e. The fourth-order valence-electron chi connectivity index (χ4n) is 0.595. The van der Waals surface area contributed by atoms with Crippen LogP contribution in [0.5, 0.6) is 0 Å². The highest BCUT2D eigenvalue weighted by molar-refractivity contribution is 9.09. The van der Waals surface area contributed by atoms with Crippen molar-refractivity contribution >= 4 is 24.2 Å². The largest absolute Gasteiger partial charge is 0.420 e. The maximum Gasteiger partial charge on any atom is 0.186 e. The molecule has 0 atom stereocenters. The van der Waals surface area contributed by atoms with E-state index in [0.717, 1.165) is 5.33 Å². The van der Waals surface area contributed by atoms with Gasteiger partial charge in [0.25, 0.3) is 0 Å². The quantitative estimate of drug-likeness (QED) is 0.513. The standard InChI is InChI=1S/C6H15BrOSi/c1-8-9(2,3)6-4-5-7/h4-6H2,1-3H3. The lowest BCUT2D eigenvalue weighted by Crippen LogP contribution is -2.27. The lowest BCUT2D eigenvalue weighted by atomic mass is 10.6. The van der Waals surface area contributed by atoms with Crippen molar-refractivity contribution < 1.29 is 4.43 Å². The number of halogens is 1. The highest BCUT2D eigenvalue weighted by Crippen LogP contribution is 2.12. The van der Waals surface area contributed by atoms with Gasteiger partial charge in [-0.1, -0.05) is 15.9 Å². The third kappa shape index (κ3) is 5.12. The van der Waals surface area contributed by atoms with E-state index < -0.39 is 8.32 Å². The second kappa shape index (κ2) is 4.47. The number of rotatable bonds is 4. The monoisotopic (exact) mass is 210 g/mol. The van der Waals surface area contributed by atoms with E-state index in [4.69, 9.17) is 4.43 Å². The Hall–Kier alpha value is 0.657. The molecule has 0 spiro atoms.